The van der Waals surface area contributed by atoms with Crippen molar-refractivity contribution in [2.24, 2.45) is 0 Å². The molecule has 408 valence electrons. The Labute approximate surface area is 469 Å². The Balaban J connectivity index is 0.000000151. The second-order valence-electron chi connectivity index (χ2n) is 21.9. The van der Waals surface area contributed by atoms with Gasteiger partial charge < -0.3 is 47.4 Å². The minimum absolute atomic E-state index is 0.224. The standard InChI is InChI=1S/C35H34O6.C35H34O4/c1-3-7-33-31(5-1)32-6-2-4-8-34(32)35(33,25-9-13-27(14-10-25)38-19-17-36-21-29-23-40-29)26-11-15-28(16-12-26)39-20-18-37-22-30-24-41-30;1-21-13-25(14-22(2)33(21)38-19-27-17-36-27)35(26-15-23(3)34(24(4)16-26)39-20-28-18-37-28)31-11-7-5-9-29(31)30-10-6-8-12-32(30)35/h1-16,29-30H,17-24H2;5-16,27-28H,17-20H2,1-4H3. The molecule has 10 nitrogen and oxygen atoms in total. The molecule has 6 aliphatic rings. The van der Waals surface area contributed by atoms with E-state index in [1.165, 1.54) is 66.8 Å². The molecule has 0 N–H and O–H groups in total. The molecular formula is C70H68O10. The van der Waals surface area contributed by atoms with Crippen LogP contribution in [0.3, 0.4) is 0 Å². The van der Waals surface area contributed by atoms with Gasteiger partial charge in [0.25, 0.3) is 0 Å². The summed E-state index contributed by atoms with van der Waals surface area (Å²) in [7, 11) is 0. The molecular weight excluding hydrogens is 1000 g/mol. The summed E-state index contributed by atoms with van der Waals surface area (Å²) < 4.78 is 56.9. The maximum atomic E-state index is 6.24. The molecule has 8 aromatic rings. The Morgan fingerprint density at radius 2 is 0.625 bits per heavy atom. The van der Waals surface area contributed by atoms with E-state index in [-0.39, 0.29) is 24.4 Å². The molecule has 4 unspecified atom stereocenters. The normalized spacial score (nSPS) is 19.6. The van der Waals surface area contributed by atoms with Crippen molar-refractivity contribution in [1.29, 1.82) is 0 Å². The van der Waals surface area contributed by atoms with Gasteiger partial charge in [0.1, 0.15) is 73.8 Å². The molecule has 2 aliphatic carbocycles. The van der Waals surface area contributed by atoms with Gasteiger partial charge in [0.15, 0.2) is 0 Å². The van der Waals surface area contributed by atoms with E-state index in [1.54, 1.807) is 0 Å². The van der Waals surface area contributed by atoms with Crippen molar-refractivity contribution >= 4 is 0 Å². The molecule has 80 heavy (non-hydrogen) atoms. The van der Waals surface area contributed by atoms with Crippen LogP contribution in [0.1, 0.15) is 66.8 Å². The number of ether oxygens (including phenoxy) is 10. The second kappa shape index (κ2) is 22.3. The van der Waals surface area contributed by atoms with Gasteiger partial charge >= 0.3 is 0 Å². The van der Waals surface area contributed by atoms with E-state index in [0.717, 1.165) is 71.7 Å². The van der Waals surface area contributed by atoms with E-state index in [4.69, 9.17) is 47.4 Å². The zero-order valence-corrected chi connectivity index (χ0v) is 46.0. The molecule has 4 atom stereocenters. The lowest BCUT2D eigenvalue weighted by molar-refractivity contribution is 0.0878. The molecule has 0 radical (unpaired) electrons. The summed E-state index contributed by atoms with van der Waals surface area (Å²) in [4.78, 5) is 0. The third-order valence-electron chi connectivity index (χ3n) is 16.3. The Morgan fingerprint density at radius 1 is 0.338 bits per heavy atom. The van der Waals surface area contributed by atoms with Gasteiger partial charge in [0, 0.05) is 0 Å². The van der Waals surface area contributed by atoms with Crippen LogP contribution in [0.2, 0.25) is 0 Å². The highest BCUT2D eigenvalue weighted by atomic mass is 16.6. The molecule has 14 rings (SSSR count). The number of aryl methyl sites for hydroxylation is 4. The van der Waals surface area contributed by atoms with Gasteiger partial charge in [0.05, 0.1) is 63.7 Å². The van der Waals surface area contributed by atoms with Gasteiger partial charge in [-0.3, -0.25) is 0 Å². The monoisotopic (exact) mass is 1070 g/mol. The van der Waals surface area contributed by atoms with E-state index in [9.17, 15) is 0 Å². The highest BCUT2D eigenvalue weighted by molar-refractivity contribution is 5.88. The zero-order chi connectivity index (χ0) is 54.2. The molecule has 8 aromatic carbocycles. The van der Waals surface area contributed by atoms with Gasteiger partial charge in [-0.2, -0.15) is 0 Å². The van der Waals surface area contributed by atoms with Crippen molar-refractivity contribution in [3.05, 3.63) is 237 Å². The Kier molecular flexibility index (Phi) is 14.6. The summed E-state index contributed by atoms with van der Waals surface area (Å²) in [5, 5.41) is 0. The summed E-state index contributed by atoms with van der Waals surface area (Å²) in [5.74, 6) is 3.58. The minimum atomic E-state index is -0.467. The molecule has 0 aromatic heterocycles. The van der Waals surface area contributed by atoms with Crippen LogP contribution in [0.4, 0.5) is 0 Å². The zero-order valence-electron chi connectivity index (χ0n) is 46.0. The number of benzene rings is 8. The number of fused-ring (bicyclic) bond motifs is 6. The van der Waals surface area contributed by atoms with E-state index in [0.29, 0.717) is 52.9 Å². The molecule has 4 fully saturated rings. The third-order valence-corrected chi connectivity index (χ3v) is 16.3. The minimum Gasteiger partial charge on any atom is -0.491 e. The number of hydrogen-bond acceptors (Lipinski definition) is 10. The fourth-order valence-corrected chi connectivity index (χ4v) is 12.3. The fourth-order valence-electron chi connectivity index (χ4n) is 12.3. The average molecular weight is 1070 g/mol. The van der Waals surface area contributed by atoms with Crippen molar-refractivity contribution in [3.8, 4) is 45.3 Å². The van der Waals surface area contributed by atoms with Crippen LogP contribution >= 0.6 is 0 Å². The predicted octanol–water partition coefficient (Wildman–Crippen LogP) is 12.5. The first-order valence-electron chi connectivity index (χ1n) is 28.3. The molecule has 0 spiro atoms. The smallest absolute Gasteiger partial charge is 0.125 e. The van der Waals surface area contributed by atoms with Crippen molar-refractivity contribution in [2.45, 2.75) is 62.9 Å². The largest absolute Gasteiger partial charge is 0.491 e. The van der Waals surface area contributed by atoms with Crippen LogP contribution in [-0.2, 0) is 39.3 Å². The number of hydrogen-bond donors (Lipinski definition) is 0. The van der Waals surface area contributed by atoms with Crippen molar-refractivity contribution < 1.29 is 47.4 Å². The molecule has 0 bridgehead atoms. The Hall–Kier alpha value is -7.28. The van der Waals surface area contributed by atoms with Crippen molar-refractivity contribution in [2.75, 3.05) is 79.3 Å². The van der Waals surface area contributed by atoms with Gasteiger partial charge in [0.2, 0.25) is 0 Å². The topological polar surface area (TPSA) is 106 Å². The summed E-state index contributed by atoms with van der Waals surface area (Å²) in [6.45, 7) is 16.4. The van der Waals surface area contributed by atoms with Gasteiger partial charge in [-0.15, -0.1) is 0 Å². The highest BCUT2D eigenvalue weighted by Gasteiger charge is 2.48. The molecule has 4 heterocycles. The molecule has 4 saturated heterocycles. The van der Waals surface area contributed by atoms with Gasteiger partial charge in [-0.05, 0) is 141 Å². The van der Waals surface area contributed by atoms with Crippen LogP contribution in [-0.4, -0.2) is 104 Å². The Bertz CT molecular complexity index is 3220. The Morgan fingerprint density at radius 3 is 0.938 bits per heavy atom. The molecule has 0 saturated carbocycles. The lowest BCUT2D eigenvalue weighted by Crippen LogP contribution is -2.29. The molecule has 4 aliphatic heterocycles. The first-order valence-corrected chi connectivity index (χ1v) is 28.3. The van der Waals surface area contributed by atoms with Gasteiger partial charge in [-0.1, -0.05) is 146 Å². The van der Waals surface area contributed by atoms with E-state index in [1.807, 2.05) is 0 Å². The second-order valence-corrected chi connectivity index (χ2v) is 21.9. The van der Waals surface area contributed by atoms with Crippen LogP contribution in [0.25, 0.3) is 22.3 Å². The van der Waals surface area contributed by atoms with Crippen molar-refractivity contribution in [1.82, 2.24) is 0 Å². The third kappa shape index (κ3) is 10.3. The summed E-state index contributed by atoms with van der Waals surface area (Å²) in [6.07, 6.45) is 0.984. The molecule has 0 amide bonds. The average Bonchev–Trinajstić information content (AvgIpc) is 4.29. The van der Waals surface area contributed by atoms with E-state index >= 15 is 0 Å². The quantitative estimate of drug-likeness (QED) is 0.0481. The predicted molar refractivity (Wildman–Crippen MR) is 309 cm³/mol. The van der Waals surface area contributed by atoms with E-state index in [2.05, 4.69) is 198 Å². The van der Waals surface area contributed by atoms with Crippen LogP contribution in [0.5, 0.6) is 23.0 Å². The lowest BCUT2D eigenvalue weighted by Gasteiger charge is -2.35. The van der Waals surface area contributed by atoms with Crippen molar-refractivity contribution in [3.63, 3.8) is 0 Å². The lowest BCUT2D eigenvalue weighted by atomic mass is 9.66. The van der Waals surface area contributed by atoms with Crippen LogP contribution in [0, 0.1) is 27.7 Å². The summed E-state index contributed by atoms with van der Waals surface area (Å²) >= 11 is 0. The summed E-state index contributed by atoms with van der Waals surface area (Å²) in [6, 6.07) is 61.6. The number of epoxide rings is 4. The fraction of sp³-hybridized carbons (Fsp3) is 0.314. The maximum absolute atomic E-state index is 6.24. The first-order chi connectivity index (χ1) is 39.3. The van der Waals surface area contributed by atoms with E-state index < -0.39 is 10.8 Å². The maximum Gasteiger partial charge on any atom is 0.125 e. The summed E-state index contributed by atoms with van der Waals surface area (Å²) in [5.41, 5.74) is 18.8. The van der Waals surface area contributed by atoms with Crippen LogP contribution in [0.15, 0.2) is 170 Å². The van der Waals surface area contributed by atoms with Gasteiger partial charge in [-0.25, -0.2) is 0 Å². The SMILES string of the molecule is Cc1cc(C2(c3cc(C)c(OCC4CO4)c(C)c3)c3ccccc3-c3ccccc32)cc(C)c1OCC1CO1.c1ccc2c(c1)-c1ccccc1C2(c1ccc(OCCOCC2CO2)cc1)c1ccc(OCCOCC2CO2)cc1. The number of rotatable bonds is 22. The van der Waals surface area contributed by atoms with Crippen LogP contribution < -0.4 is 18.9 Å². The molecule has 10 heteroatoms. The first kappa shape index (κ1) is 52.1. The highest BCUT2D eigenvalue weighted by Crippen LogP contribution is 2.58.